The number of hydrogen-bond donors (Lipinski definition) is 1. The largest absolute Gasteiger partial charge is 0.467 e. The molecular weight excluding hydrogens is 270 g/mol. The van der Waals surface area contributed by atoms with E-state index in [1.807, 2.05) is 4.90 Å². The van der Waals surface area contributed by atoms with Crippen molar-refractivity contribution in [2.24, 2.45) is 5.73 Å². The second-order valence-electron chi connectivity index (χ2n) is 4.36. The Balaban J connectivity index is 2.22. The molecule has 2 atom stereocenters. The first-order chi connectivity index (χ1) is 9.17. The van der Waals surface area contributed by atoms with Gasteiger partial charge in [-0.3, -0.25) is 0 Å². The molecule has 1 aliphatic rings. The molecule has 1 aromatic rings. The Hall–Kier alpha value is -1.18. The van der Waals surface area contributed by atoms with Crippen LogP contribution in [0.1, 0.15) is 12.8 Å². The minimum absolute atomic E-state index is 0.117. The van der Waals surface area contributed by atoms with Crippen molar-refractivity contribution in [3.05, 3.63) is 5.28 Å². The number of anilines is 1. The first-order valence-corrected chi connectivity index (χ1v) is 6.50. The number of ether oxygens (including phenoxy) is 2. The van der Waals surface area contributed by atoms with Gasteiger partial charge in [-0.25, -0.2) is 0 Å². The maximum atomic E-state index is 5.87. The summed E-state index contributed by atoms with van der Waals surface area (Å²) in [5.74, 6) is 0.502. The third-order valence-electron chi connectivity index (χ3n) is 3.29. The topological polar surface area (TPSA) is 86.4 Å². The number of methoxy groups -OCH3 is 2. The molecule has 2 unspecified atom stereocenters. The first kappa shape index (κ1) is 14.2. The second kappa shape index (κ2) is 6.31. The van der Waals surface area contributed by atoms with E-state index in [0.717, 1.165) is 19.4 Å². The first-order valence-electron chi connectivity index (χ1n) is 6.13. The van der Waals surface area contributed by atoms with Gasteiger partial charge < -0.3 is 20.1 Å². The highest BCUT2D eigenvalue weighted by atomic mass is 35.5. The van der Waals surface area contributed by atoms with E-state index in [1.54, 1.807) is 7.11 Å². The molecule has 8 heteroatoms. The SMILES string of the molecule is COc1nc(Cl)nc(N2CCC(OC)CC2CN)n1. The molecule has 19 heavy (non-hydrogen) atoms. The van der Waals surface area contributed by atoms with Crippen LogP contribution in [0, 0.1) is 0 Å². The van der Waals surface area contributed by atoms with Crippen molar-refractivity contribution < 1.29 is 9.47 Å². The van der Waals surface area contributed by atoms with Crippen molar-refractivity contribution in [2.45, 2.75) is 25.0 Å². The van der Waals surface area contributed by atoms with Crippen LogP contribution in [0.15, 0.2) is 0 Å². The number of halogens is 1. The number of rotatable bonds is 4. The van der Waals surface area contributed by atoms with Crippen LogP contribution in [-0.4, -0.2) is 54.4 Å². The summed E-state index contributed by atoms with van der Waals surface area (Å²) in [5, 5.41) is 0.117. The van der Waals surface area contributed by atoms with Crippen molar-refractivity contribution in [3.63, 3.8) is 0 Å². The van der Waals surface area contributed by atoms with E-state index in [0.29, 0.717) is 12.5 Å². The summed E-state index contributed by atoms with van der Waals surface area (Å²) in [6.45, 7) is 1.27. The molecule has 2 heterocycles. The lowest BCUT2D eigenvalue weighted by molar-refractivity contribution is 0.0705. The molecule has 106 valence electrons. The highest BCUT2D eigenvalue weighted by Crippen LogP contribution is 2.24. The smallest absolute Gasteiger partial charge is 0.322 e. The Morgan fingerprint density at radius 2 is 2.16 bits per heavy atom. The standard InChI is InChI=1S/C11H18ClN5O2/c1-18-8-3-4-17(7(5-8)6-13)10-14-9(12)15-11(16-10)19-2/h7-8H,3-6,13H2,1-2H3. The lowest BCUT2D eigenvalue weighted by Crippen LogP contribution is -2.49. The molecule has 0 aliphatic carbocycles. The Morgan fingerprint density at radius 1 is 1.37 bits per heavy atom. The summed E-state index contributed by atoms with van der Waals surface area (Å²) in [6, 6.07) is 0.335. The van der Waals surface area contributed by atoms with Crippen molar-refractivity contribution in [2.75, 3.05) is 32.2 Å². The Bertz CT molecular complexity index is 434. The molecule has 2 rings (SSSR count). The molecule has 2 N–H and O–H groups in total. The summed E-state index contributed by atoms with van der Waals surface area (Å²) < 4.78 is 10.4. The van der Waals surface area contributed by atoms with E-state index in [2.05, 4.69) is 15.0 Å². The predicted molar refractivity (Wildman–Crippen MR) is 71.6 cm³/mol. The number of nitrogens with zero attached hydrogens (tertiary/aromatic N) is 4. The molecule has 0 saturated carbocycles. The second-order valence-corrected chi connectivity index (χ2v) is 4.69. The van der Waals surface area contributed by atoms with Crippen LogP contribution in [0.5, 0.6) is 6.01 Å². The molecule has 0 radical (unpaired) electrons. The van der Waals surface area contributed by atoms with Gasteiger partial charge in [0.1, 0.15) is 0 Å². The normalized spacial score (nSPS) is 23.5. The molecule has 1 aromatic heterocycles. The van der Waals surface area contributed by atoms with Crippen molar-refractivity contribution in [1.82, 2.24) is 15.0 Å². The minimum atomic E-state index is 0.117. The summed E-state index contributed by atoms with van der Waals surface area (Å²) in [4.78, 5) is 14.3. The fourth-order valence-electron chi connectivity index (χ4n) is 2.26. The summed E-state index contributed by atoms with van der Waals surface area (Å²) in [7, 11) is 3.21. The van der Waals surface area contributed by atoms with Crippen molar-refractivity contribution in [1.29, 1.82) is 0 Å². The van der Waals surface area contributed by atoms with Gasteiger partial charge in [0.2, 0.25) is 11.2 Å². The zero-order valence-electron chi connectivity index (χ0n) is 11.0. The average Bonchev–Trinajstić information content (AvgIpc) is 2.45. The Labute approximate surface area is 117 Å². The third-order valence-corrected chi connectivity index (χ3v) is 3.46. The molecule has 1 aliphatic heterocycles. The monoisotopic (exact) mass is 287 g/mol. The fourth-order valence-corrected chi connectivity index (χ4v) is 2.40. The van der Waals surface area contributed by atoms with Crippen molar-refractivity contribution >= 4 is 17.5 Å². The Kier molecular flexibility index (Phi) is 4.73. The average molecular weight is 288 g/mol. The van der Waals surface area contributed by atoms with Gasteiger partial charge in [0.25, 0.3) is 0 Å². The maximum absolute atomic E-state index is 5.87. The van der Waals surface area contributed by atoms with Crippen LogP contribution in [0.2, 0.25) is 5.28 Å². The summed E-state index contributed by atoms with van der Waals surface area (Å²) in [6.07, 6.45) is 1.97. The summed E-state index contributed by atoms with van der Waals surface area (Å²) >= 11 is 5.87. The lowest BCUT2D eigenvalue weighted by atomic mass is 10.00. The van der Waals surface area contributed by atoms with Gasteiger partial charge in [-0.05, 0) is 24.4 Å². The van der Waals surface area contributed by atoms with E-state index in [1.165, 1.54) is 7.11 Å². The zero-order chi connectivity index (χ0) is 13.8. The highest BCUT2D eigenvalue weighted by molar-refractivity contribution is 6.28. The molecule has 0 amide bonds. The van der Waals surface area contributed by atoms with Gasteiger partial charge in [-0.15, -0.1) is 0 Å². The van der Waals surface area contributed by atoms with Crippen molar-refractivity contribution in [3.8, 4) is 6.01 Å². The van der Waals surface area contributed by atoms with Gasteiger partial charge in [-0.2, -0.15) is 15.0 Å². The van der Waals surface area contributed by atoms with E-state index >= 15 is 0 Å². The van der Waals surface area contributed by atoms with E-state index < -0.39 is 0 Å². The summed E-state index contributed by atoms with van der Waals surface area (Å²) in [5.41, 5.74) is 5.82. The van der Waals surface area contributed by atoms with E-state index in [4.69, 9.17) is 26.8 Å². The molecular formula is C11H18ClN5O2. The van der Waals surface area contributed by atoms with Crippen LogP contribution in [0.4, 0.5) is 5.95 Å². The van der Waals surface area contributed by atoms with Crippen LogP contribution < -0.4 is 15.4 Å². The minimum Gasteiger partial charge on any atom is -0.467 e. The van der Waals surface area contributed by atoms with Gasteiger partial charge in [0, 0.05) is 26.2 Å². The molecule has 7 nitrogen and oxygen atoms in total. The van der Waals surface area contributed by atoms with Crippen LogP contribution in [0.3, 0.4) is 0 Å². The molecule has 0 spiro atoms. The number of hydrogen-bond acceptors (Lipinski definition) is 7. The van der Waals surface area contributed by atoms with Crippen LogP contribution >= 0.6 is 11.6 Å². The number of nitrogens with two attached hydrogens (primary N) is 1. The van der Waals surface area contributed by atoms with Gasteiger partial charge in [-0.1, -0.05) is 0 Å². The zero-order valence-corrected chi connectivity index (χ0v) is 11.8. The Morgan fingerprint density at radius 3 is 2.79 bits per heavy atom. The number of aromatic nitrogens is 3. The maximum Gasteiger partial charge on any atom is 0.322 e. The fraction of sp³-hybridized carbons (Fsp3) is 0.727. The molecule has 1 saturated heterocycles. The van der Waals surface area contributed by atoms with Gasteiger partial charge >= 0.3 is 6.01 Å². The lowest BCUT2D eigenvalue weighted by Gasteiger charge is -2.38. The van der Waals surface area contributed by atoms with E-state index in [9.17, 15) is 0 Å². The highest BCUT2D eigenvalue weighted by Gasteiger charge is 2.29. The molecule has 0 bridgehead atoms. The van der Waals surface area contributed by atoms with Crippen LogP contribution in [-0.2, 0) is 4.74 Å². The number of piperidine rings is 1. The predicted octanol–water partition coefficient (Wildman–Crippen LogP) is 0.476. The quantitative estimate of drug-likeness (QED) is 0.861. The molecule has 0 aromatic carbocycles. The van der Waals surface area contributed by atoms with Crippen LogP contribution in [0.25, 0.3) is 0 Å². The third kappa shape index (κ3) is 3.23. The van der Waals surface area contributed by atoms with E-state index in [-0.39, 0.29) is 23.4 Å². The van der Waals surface area contributed by atoms with Gasteiger partial charge in [0.15, 0.2) is 0 Å². The van der Waals surface area contributed by atoms with Gasteiger partial charge in [0.05, 0.1) is 13.2 Å². The molecule has 1 fully saturated rings.